The molecule has 0 saturated carbocycles. The number of nitrogens with zero attached hydrogens (tertiary/aromatic N) is 1. The van der Waals surface area contributed by atoms with Gasteiger partial charge < -0.3 is 5.73 Å². The van der Waals surface area contributed by atoms with Crippen molar-refractivity contribution in [3.05, 3.63) is 20.3 Å². The minimum absolute atomic E-state index is 0.360. The van der Waals surface area contributed by atoms with E-state index in [9.17, 15) is 0 Å². The van der Waals surface area contributed by atoms with E-state index in [1.807, 2.05) is 11.3 Å². The average Bonchev–Trinajstić information content (AvgIpc) is 2.68. The summed E-state index contributed by atoms with van der Waals surface area (Å²) < 4.78 is 1.21. The Kier molecular flexibility index (Phi) is 6.85. The molecule has 0 saturated heterocycles. The van der Waals surface area contributed by atoms with Crippen molar-refractivity contribution in [2.24, 2.45) is 11.7 Å². The summed E-state index contributed by atoms with van der Waals surface area (Å²) in [7, 11) is 0. The predicted octanol–water partition coefficient (Wildman–Crippen LogP) is 4.19. The van der Waals surface area contributed by atoms with Crippen LogP contribution in [0.3, 0.4) is 0 Å². The van der Waals surface area contributed by atoms with Crippen molar-refractivity contribution >= 4 is 27.3 Å². The molecule has 18 heavy (non-hydrogen) atoms. The van der Waals surface area contributed by atoms with E-state index in [4.69, 9.17) is 5.73 Å². The number of hydrogen-bond acceptors (Lipinski definition) is 3. The normalized spacial score (nSPS) is 15.1. The molecule has 1 rings (SSSR count). The van der Waals surface area contributed by atoms with Gasteiger partial charge in [0.2, 0.25) is 0 Å². The monoisotopic (exact) mass is 332 g/mol. The van der Waals surface area contributed by atoms with E-state index in [0.29, 0.717) is 12.6 Å². The van der Waals surface area contributed by atoms with Crippen molar-refractivity contribution in [1.82, 2.24) is 4.90 Å². The Morgan fingerprint density at radius 2 is 2.11 bits per heavy atom. The van der Waals surface area contributed by atoms with Crippen molar-refractivity contribution in [3.63, 3.8) is 0 Å². The molecule has 2 unspecified atom stereocenters. The molecular formula is C14H25BrN2S. The number of likely N-dealkylation sites (N-methyl/N-ethyl adjacent to an activating group) is 1. The maximum atomic E-state index is 6.01. The van der Waals surface area contributed by atoms with Crippen molar-refractivity contribution in [2.45, 2.75) is 40.2 Å². The molecule has 2 N–H and O–H groups in total. The highest BCUT2D eigenvalue weighted by Gasteiger charge is 2.21. The van der Waals surface area contributed by atoms with Gasteiger partial charge in [-0.05, 0) is 41.4 Å². The molecule has 1 aromatic rings. The quantitative estimate of drug-likeness (QED) is 0.811. The van der Waals surface area contributed by atoms with Crippen molar-refractivity contribution < 1.29 is 0 Å². The summed E-state index contributed by atoms with van der Waals surface area (Å²) >= 11 is 5.46. The second-order valence-electron chi connectivity index (χ2n) is 4.91. The molecule has 0 spiro atoms. The molecule has 4 heteroatoms. The molecule has 104 valence electrons. The fourth-order valence-corrected chi connectivity index (χ4v) is 3.81. The maximum Gasteiger partial charge on any atom is 0.0564 e. The fraction of sp³-hybridized carbons (Fsp3) is 0.714. The summed E-state index contributed by atoms with van der Waals surface area (Å²) in [6.45, 7) is 11.8. The number of nitrogens with two attached hydrogens (primary N) is 1. The summed E-state index contributed by atoms with van der Waals surface area (Å²) in [6, 6.07) is 2.59. The first-order chi connectivity index (χ1) is 8.53. The second kappa shape index (κ2) is 7.63. The molecule has 0 aliphatic heterocycles. The summed E-state index contributed by atoms with van der Waals surface area (Å²) in [5, 5.41) is 0. The fourth-order valence-electron chi connectivity index (χ4n) is 2.10. The van der Waals surface area contributed by atoms with Crippen molar-refractivity contribution in [1.29, 1.82) is 0 Å². The van der Waals surface area contributed by atoms with Gasteiger partial charge >= 0.3 is 0 Å². The number of aryl methyl sites for hydroxylation is 1. The first kappa shape index (κ1) is 16.2. The van der Waals surface area contributed by atoms with E-state index in [-0.39, 0.29) is 0 Å². The molecule has 0 aliphatic rings. The predicted molar refractivity (Wildman–Crippen MR) is 85.3 cm³/mol. The van der Waals surface area contributed by atoms with Gasteiger partial charge in [0.15, 0.2) is 0 Å². The Bertz CT molecular complexity index is 345. The Labute approximate surface area is 124 Å². The summed E-state index contributed by atoms with van der Waals surface area (Å²) in [5.74, 6) is 0.725. The highest BCUT2D eigenvalue weighted by molar-refractivity contribution is 9.10. The summed E-state index contributed by atoms with van der Waals surface area (Å²) in [6.07, 6.45) is 1.22. The highest BCUT2D eigenvalue weighted by atomic mass is 79.9. The number of halogens is 1. The third-order valence-electron chi connectivity index (χ3n) is 3.52. The number of rotatable bonds is 7. The van der Waals surface area contributed by atoms with Crippen LogP contribution in [0.5, 0.6) is 0 Å². The van der Waals surface area contributed by atoms with Crippen LogP contribution >= 0.6 is 27.3 Å². The van der Waals surface area contributed by atoms with E-state index < -0.39 is 0 Å². The molecule has 1 heterocycles. The van der Waals surface area contributed by atoms with Crippen LogP contribution in [0.25, 0.3) is 0 Å². The first-order valence-corrected chi connectivity index (χ1v) is 8.34. The molecule has 0 radical (unpaired) electrons. The maximum absolute atomic E-state index is 6.01. The zero-order valence-electron chi connectivity index (χ0n) is 11.9. The highest BCUT2D eigenvalue weighted by Crippen LogP contribution is 2.33. The van der Waals surface area contributed by atoms with Crippen LogP contribution < -0.4 is 5.73 Å². The average molecular weight is 333 g/mol. The first-order valence-electron chi connectivity index (χ1n) is 6.73. The lowest BCUT2D eigenvalue weighted by Gasteiger charge is -2.31. The van der Waals surface area contributed by atoms with Gasteiger partial charge in [-0.25, -0.2) is 0 Å². The summed E-state index contributed by atoms with van der Waals surface area (Å²) in [4.78, 5) is 5.22. The van der Waals surface area contributed by atoms with E-state index >= 15 is 0 Å². The second-order valence-corrected chi connectivity index (χ2v) is 7.05. The third kappa shape index (κ3) is 4.05. The Morgan fingerprint density at radius 1 is 1.44 bits per heavy atom. The van der Waals surface area contributed by atoms with Gasteiger partial charge in [-0.2, -0.15) is 0 Å². The lowest BCUT2D eigenvalue weighted by atomic mass is 10.1. The van der Waals surface area contributed by atoms with E-state index in [1.165, 1.54) is 20.6 Å². The molecule has 0 aromatic carbocycles. The zero-order chi connectivity index (χ0) is 13.7. The SMILES string of the molecule is CCC(C)CN(CC)C(CN)c1cc(Br)c(C)s1. The standard InChI is InChI=1S/C14H25BrN2S/c1-5-10(3)9-17(6-2)13(8-16)14-7-12(15)11(4)18-14/h7,10,13H,5-6,8-9,16H2,1-4H3. The molecule has 2 atom stereocenters. The molecular weight excluding hydrogens is 308 g/mol. The molecule has 1 aromatic heterocycles. The van der Waals surface area contributed by atoms with E-state index in [1.54, 1.807) is 0 Å². The van der Waals surface area contributed by atoms with Gasteiger partial charge in [-0.1, -0.05) is 27.2 Å². The molecule has 0 amide bonds. The van der Waals surface area contributed by atoms with Crippen LogP contribution in [0.15, 0.2) is 10.5 Å². The Hall–Kier alpha value is 0.1000. The zero-order valence-corrected chi connectivity index (χ0v) is 14.3. The van der Waals surface area contributed by atoms with Gasteiger partial charge in [0, 0.05) is 27.3 Å². The van der Waals surface area contributed by atoms with Gasteiger partial charge in [0.1, 0.15) is 0 Å². The topological polar surface area (TPSA) is 29.3 Å². The molecule has 0 fully saturated rings. The van der Waals surface area contributed by atoms with E-state index in [0.717, 1.165) is 19.0 Å². The van der Waals surface area contributed by atoms with Gasteiger partial charge in [-0.15, -0.1) is 11.3 Å². The number of hydrogen-bond donors (Lipinski definition) is 1. The lowest BCUT2D eigenvalue weighted by Crippen LogP contribution is -2.36. The molecule has 0 aliphatic carbocycles. The minimum Gasteiger partial charge on any atom is -0.329 e. The van der Waals surface area contributed by atoms with Crippen LogP contribution in [-0.2, 0) is 0 Å². The summed E-state index contributed by atoms with van der Waals surface area (Å²) in [5.41, 5.74) is 6.01. The van der Waals surface area contributed by atoms with Crippen LogP contribution in [-0.4, -0.2) is 24.5 Å². The van der Waals surface area contributed by atoms with Crippen LogP contribution in [0.1, 0.15) is 43.0 Å². The third-order valence-corrected chi connectivity index (χ3v) is 5.76. The van der Waals surface area contributed by atoms with Gasteiger partial charge in [-0.3, -0.25) is 4.90 Å². The van der Waals surface area contributed by atoms with Gasteiger partial charge in [0.25, 0.3) is 0 Å². The molecule has 2 nitrogen and oxygen atoms in total. The smallest absolute Gasteiger partial charge is 0.0564 e. The van der Waals surface area contributed by atoms with Crippen molar-refractivity contribution in [3.8, 4) is 0 Å². The minimum atomic E-state index is 0.360. The Morgan fingerprint density at radius 3 is 2.50 bits per heavy atom. The van der Waals surface area contributed by atoms with Gasteiger partial charge in [0.05, 0.1) is 6.04 Å². The largest absolute Gasteiger partial charge is 0.329 e. The van der Waals surface area contributed by atoms with Crippen molar-refractivity contribution in [2.75, 3.05) is 19.6 Å². The Balaban J connectivity index is 2.85. The molecule has 0 bridgehead atoms. The van der Waals surface area contributed by atoms with Crippen LogP contribution in [0, 0.1) is 12.8 Å². The number of thiophene rings is 1. The van der Waals surface area contributed by atoms with Crippen LogP contribution in [0.4, 0.5) is 0 Å². The lowest BCUT2D eigenvalue weighted by molar-refractivity contribution is 0.185. The van der Waals surface area contributed by atoms with Crippen LogP contribution in [0.2, 0.25) is 0 Å². The van der Waals surface area contributed by atoms with E-state index in [2.05, 4.69) is 54.6 Å².